The molecule has 78 heavy (non-hydrogen) atoms. The standard InChI is InChI=1S/C64H103NO13/c1-3-5-7-9-11-13-14-15-16-17-18-19-20-21-22-23-24-25-26-27-28-29-30-31-32-33-34-35-36-37-38-40-42-44-46-48-56(69)65-52(53(68)47-45-43-41-39-12-10-8-6-4-2)51-75-63-61(74)59(72)62(55(50-67)77-63)78-64-60(73)58(71)57(70)54(49-66)76-64/h4-7,11-13,15-16,18-19,21-22,24-25,27-28,30-31,39,45,47,52-55,57-64,66-68,70-74H,3,8-10,14,17,20,23,26,29,32-38,40-44,46,48-51H2,1-2H3,(H,65,69)/b6-4+,7-5-,13-11-,16-15-,19-18-,22-21-,25-24-,28-27-,31-30-,39-12+,47-45+. The molecular weight excluding hydrogens is 991 g/mol. The second kappa shape index (κ2) is 47.9. The zero-order valence-corrected chi connectivity index (χ0v) is 47.3. The molecule has 0 aromatic carbocycles. The normalized spacial score (nSPS) is 25.6. The minimum absolute atomic E-state index is 0.255. The number of hydrogen-bond acceptors (Lipinski definition) is 13. The molecule has 0 radical (unpaired) electrons. The molecule has 2 rings (SSSR count). The minimum atomic E-state index is -1.80. The summed E-state index contributed by atoms with van der Waals surface area (Å²) >= 11 is 0. The summed E-state index contributed by atoms with van der Waals surface area (Å²) in [5.74, 6) is -0.269. The predicted molar refractivity (Wildman–Crippen MR) is 313 cm³/mol. The summed E-state index contributed by atoms with van der Waals surface area (Å²) in [7, 11) is 0. The Labute approximate surface area is 469 Å². The maximum absolute atomic E-state index is 13.2. The van der Waals surface area contributed by atoms with E-state index in [1.165, 1.54) is 38.5 Å². The molecule has 2 heterocycles. The van der Waals surface area contributed by atoms with Crippen LogP contribution in [0.3, 0.4) is 0 Å². The largest absolute Gasteiger partial charge is 0.394 e. The lowest BCUT2D eigenvalue weighted by Crippen LogP contribution is -2.65. The molecule has 0 spiro atoms. The number of carbonyl (C=O) groups is 1. The van der Waals surface area contributed by atoms with Gasteiger partial charge in [0.25, 0.3) is 0 Å². The lowest BCUT2D eigenvalue weighted by atomic mass is 9.97. The lowest BCUT2D eigenvalue weighted by Gasteiger charge is -2.46. The van der Waals surface area contributed by atoms with E-state index in [9.17, 15) is 45.6 Å². The summed E-state index contributed by atoms with van der Waals surface area (Å²) in [6.07, 6.45) is 54.0. The third-order valence-electron chi connectivity index (χ3n) is 13.4. The van der Waals surface area contributed by atoms with Gasteiger partial charge in [0.1, 0.15) is 48.8 Å². The second-order valence-electron chi connectivity index (χ2n) is 20.0. The topological polar surface area (TPSA) is 228 Å². The summed E-state index contributed by atoms with van der Waals surface area (Å²) in [5, 5.41) is 86.7. The first-order valence-corrected chi connectivity index (χ1v) is 29.4. The molecule has 0 aliphatic carbocycles. The zero-order valence-electron chi connectivity index (χ0n) is 47.3. The Bertz CT molecular complexity index is 1820. The fourth-order valence-corrected chi connectivity index (χ4v) is 8.70. The quantitative estimate of drug-likeness (QED) is 0.0205. The van der Waals surface area contributed by atoms with Gasteiger partial charge < -0.3 is 65.1 Å². The zero-order chi connectivity index (χ0) is 56.7. The van der Waals surface area contributed by atoms with Crippen molar-refractivity contribution in [1.82, 2.24) is 5.32 Å². The first kappa shape index (κ1) is 70.2. The first-order chi connectivity index (χ1) is 38.1. The van der Waals surface area contributed by atoms with Gasteiger partial charge in [-0.3, -0.25) is 4.79 Å². The second-order valence-corrected chi connectivity index (χ2v) is 20.0. The number of aliphatic hydroxyl groups is 8. The van der Waals surface area contributed by atoms with Crippen molar-refractivity contribution in [2.75, 3.05) is 19.8 Å². The van der Waals surface area contributed by atoms with Crippen LogP contribution in [0.5, 0.6) is 0 Å². The SMILES string of the molecule is C/C=C/CC/C=C/CC/C=C/C(O)C(COC1OC(CO)C(OC2OC(CO)C(O)C(O)C2O)C(O)C1O)NC(=O)CCCCCCCCCCCC/C=C\C/C=C\C/C=C\C/C=C\C/C=C\C/C=C\C/C=C\C/C=C\CC. The van der Waals surface area contributed by atoms with Crippen LogP contribution in [0.4, 0.5) is 0 Å². The summed E-state index contributed by atoms with van der Waals surface area (Å²) in [4.78, 5) is 13.2. The minimum Gasteiger partial charge on any atom is -0.394 e. The van der Waals surface area contributed by atoms with Crippen LogP contribution in [0, 0.1) is 0 Å². The molecule has 1 amide bonds. The van der Waals surface area contributed by atoms with Crippen molar-refractivity contribution in [2.24, 2.45) is 0 Å². The molecule has 12 unspecified atom stereocenters. The molecule has 2 fully saturated rings. The first-order valence-electron chi connectivity index (χ1n) is 29.4. The van der Waals surface area contributed by atoms with Crippen LogP contribution in [0.15, 0.2) is 134 Å². The van der Waals surface area contributed by atoms with Gasteiger partial charge >= 0.3 is 0 Å². The van der Waals surface area contributed by atoms with Crippen molar-refractivity contribution >= 4 is 5.91 Å². The van der Waals surface area contributed by atoms with Crippen molar-refractivity contribution < 1.29 is 64.6 Å². The molecule has 14 nitrogen and oxygen atoms in total. The van der Waals surface area contributed by atoms with Crippen molar-refractivity contribution in [1.29, 1.82) is 0 Å². The number of rotatable bonds is 44. The monoisotopic (exact) mass is 1090 g/mol. The van der Waals surface area contributed by atoms with Gasteiger partial charge in [-0.25, -0.2) is 0 Å². The maximum atomic E-state index is 13.2. The molecule has 2 aliphatic heterocycles. The van der Waals surface area contributed by atoms with E-state index in [-0.39, 0.29) is 18.9 Å². The Morgan fingerprint density at radius 1 is 0.487 bits per heavy atom. The van der Waals surface area contributed by atoms with Crippen LogP contribution in [0.1, 0.15) is 168 Å². The van der Waals surface area contributed by atoms with Crippen molar-refractivity contribution in [3.05, 3.63) is 134 Å². The van der Waals surface area contributed by atoms with Gasteiger partial charge in [-0.15, -0.1) is 0 Å². The Balaban J connectivity index is 1.63. The van der Waals surface area contributed by atoms with Crippen molar-refractivity contribution in [3.8, 4) is 0 Å². The van der Waals surface area contributed by atoms with E-state index in [0.717, 1.165) is 96.3 Å². The van der Waals surface area contributed by atoms with Gasteiger partial charge in [0.2, 0.25) is 5.91 Å². The third-order valence-corrected chi connectivity index (χ3v) is 13.4. The van der Waals surface area contributed by atoms with E-state index in [4.69, 9.17) is 18.9 Å². The highest BCUT2D eigenvalue weighted by Gasteiger charge is 2.51. The molecule has 12 atom stereocenters. The Morgan fingerprint density at radius 3 is 1.41 bits per heavy atom. The smallest absolute Gasteiger partial charge is 0.220 e. The van der Waals surface area contributed by atoms with Gasteiger partial charge in [0.15, 0.2) is 12.6 Å². The van der Waals surface area contributed by atoms with Gasteiger partial charge in [-0.1, -0.05) is 192 Å². The van der Waals surface area contributed by atoms with Crippen LogP contribution in [-0.4, -0.2) is 140 Å². The summed E-state index contributed by atoms with van der Waals surface area (Å²) in [6.45, 7) is 2.38. The number of ether oxygens (including phenoxy) is 4. The summed E-state index contributed by atoms with van der Waals surface area (Å²) < 4.78 is 22.6. The molecule has 14 heteroatoms. The van der Waals surface area contributed by atoms with Gasteiger partial charge in [-0.2, -0.15) is 0 Å². The Morgan fingerprint density at radius 2 is 0.910 bits per heavy atom. The number of hydrogen-bond donors (Lipinski definition) is 9. The predicted octanol–water partition coefficient (Wildman–Crippen LogP) is 9.99. The number of carbonyl (C=O) groups excluding carboxylic acids is 1. The fraction of sp³-hybridized carbons (Fsp3) is 0.641. The molecule has 0 saturated carbocycles. The van der Waals surface area contributed by atoms with Crippen LogP contribution >= 0.6 is 0 Å². The third kappa shape index (κ3) is 33.0. The van der Waals surface area contributed by atoms with Gasteiger partial charge in [0.05, 0.1) is 32.0 Å². The lowest BCUT2D eigenvalue weighted by molar-refractivity contribution is -0.359. The molecule has 442 valence electrons. The average molecular weight is 1090 g/mol. The fourth-order valence-electron chi connectivity index (χ4n) is 8.70. The Hall–Kier alpha value is -3.87. The number of nitrogens with one attached hydrogen (secondary N) is 1. The van der Waals surface area contributed by atoms with Crippen molar-refractivity contribution in [3.63, 3.8) is 0 Å². The molecule has 0 bridgehead atoms. The Kier molecular flexibility index (Phi) is 43.1. The van der Waals surface area contributed by atoms with Gasteiger partial charge in [0, 0.05) is 6.42 Å². The highest BCUT2D eigenvalue weighted by atomic mass is 16.7. The number of unbranched alkanes of at least 4 members (excludes halogenated alkanes) is 12. The molecule has 2 aliphatic rings. The number of aliphatic hydroxyl groups excluding tert-OH is 8. The van der Waals surface area contributed by atoms with Crippen LogP contribution in [0.25, 0.3) is 0 Å². The highest BCUT2D eigenvalue weighted by Crippen LogP contribution is 2.30. The highest BCUT2D eigenvalue weighted by molar-refractivity contribution is 5.76. The number of allylic oxidation sites excluding steroid dienone is 21. The molecular formula is C64H103NO13. The van der Waals surface area contributed by atoms with Crippen molar-refractivity contribution in [2.45, 2.75) is 242 Å². The van der Waals surface area contributed by atoms with Crippen LogP contribution in [-0.2, 0) is 23.7 Å². The van der Waals surface area contributed by atoms with Crippen LogP contribution < -0.4 is 5.32 Å². The summed E-state index contributed by atoms with van der Waals surface area (Å²) in [5.41, 5.74) is 0. The maximum Gasteiger partial charge on any atom is 0.220 e. The van der Waals surface area contributed by atoms with E-state index in [0.29, 0.717) is 12.8 Å². The van der Waals surface area contributed by atoms with Gasteiger partial charge in [-0.05, 0) is 103 Å². The average Bonchev–Trinajstić information content (AvgIpc) is 3.47. The van der Waals surface area contributed by atoms with E-state index < -0.39 is 86.8 Å². The van der Waals surface area contributed by atoms with E-state index in [1.54, 1.807) is 6.08 Å². The van der Waals surface area contributed by atoms with Crippen LogP contribution in [0.2, 0.25) is 0 Å². The number of amides is 1. The summed E-state index contributed by atoms with van der Waals surface area (Å²) in [6, 6.07) is -0.947. The van der Waals surface area contributed by atoms with E-state index >= 15 is 0 Å². The molecule has 0 aromatic heterocycles. The van der Waals surface area contributed by atoms with E-state index in [2.05, 4.69) is 128 Å². The molecule has 9 N–H and O–H groups in total. The molecule has 0 aromatic rings. The van der Waals surface area contributed by atoms with E-state index in [1.807, 2.05) is 19.1 Å². The molecule has 2 saturated heterocycles.